The third-order valence-corrected chi connectivity index (χ3v) is 0.643. The molecule has 0 saturated heterocycles. The van der Waals surface area contributed by atoms with E-state index in [2.05, 4.69) is 0 Å². The number of hydrogen-bond donors (Lipinski definition) is 0. The van der Waals surface area contributed by atoms with Crippen LogP contribution in [0.15, 0.2) is 0 Å². The molecule has 0 aromatic rings. The Hall–Kier alpha value is 1.09. The summed E-state index contributed by atoms with van der Waals surface area (Å²) in [6.45, 7) is 0. The van der Waals surface area contributed by atoms with E-state index in [1.54, 1.807) is 0 Å². The number of alkyl halides is 2. The Bertz CT molecular complexity index is 10.8. The van der Waals surface area contributed by atoms with Crippen molar-refractivity contribution in [2.75, 3.05) is 11.8 Å². The van der Waals surface area contributed by atoms with Gasteiger partial charge in [0.15, 0.2) is 0 Å². The van der Waals surface area contributed by atoms with Crippen LogP contribution in [0.3, 0.4) is 0 Å². The van der Waals surface area contributed by atoms with Crippen LogP contribution in [0.5, 0.6) is 0 Å². The van der Waals surface area contributed by atoms with E-state index in [0.717, 1.165) is 9.55 Å². The van der Waals surface area contributed by atoms with Crippen molar-refractivity contribution in [1.29, 1.82) is 0 Å². The molecule has 0 saturated carbocycles. The third kappa shape index (κ3) is 19.5. The molecule has 0 N–H and O–H groups in total. The summed E-state index contributed by atoms with van der Waals surface area (Å²) < 4.78 is 0. The van der Waals surface area contributed by atoms with Crippen molar-refractivity contribution in [2.24, 2.45) is 0 Å². The van der Waals surface area contributed by atoms with E-state index in [1.807, 2.05) is 0 Å². The van der Waals surface area contributed by atoms with Gasteiger partial charge in [0, 0.05) is 11.8 Å². The van der Waals surface area contributed by atoms with Gasteiger partial charge in [-0.25, -0.2) is 0 Å². The lowest BCUT2D eigenvalue weighted by Gasteiger charge is -1.63. The van der Waals surface area contributed by atoms with Crippen LogP contribution >= 0.6 is 34.3 Å². The van der Waals surface area contributed by atoms with Gasteiger partial charge in [0.05, 0.1) is 0 Å². The molecular weight excluding hydrogens is 158 g/mol. The smallest absolute Gasteiger partial charge is 0.109 e. The normalized spacial score (nSPS) is 6.50. The maximum absolute atomic E-state index is 5.05. The molecule has 40 valence electrons. The van der Waals surface area contributed by atoms with Crippen molar-refractivity contribution in [3.8, 4) is 0 Å². The summed E-state index contributed by atoms with van der Waals surface area (Å²) in [4.78, 5) is 0. The maximum atomic E-state index is 5.05. The first-order valence-corrected chi connectivity index (χ1v) is 5.51. The van der Waals surface area contributed by atoms with Crippen LogP contribution in [0.25, 0.3) is 0 Å². The minimum atomic E-state index is 0.557. The summed E-state index contributed by atoms with van der Waals surface area (Å²) in [7, 11) is 0.778. The SMILES string of the molecule is ClCCCl.[SiH3]Cl. The van der Waals surface area contributed by atoms with Gasteiger partial charge in [-0.05, 0) is 0 Å². The highest BCUT2D eigenvalue weighted by molar-refractivity contribution is 6.80. The minimum Gasteiger partial charge on any atom is -0.181 e. The van der Waals surface area contributed by atoms with E-state index >= 15 is 0 Å². The molecule has 0 bridgehead atoms. The van der Waals surface area contributed by atoms with Gasteiger partial charge in [0.1, 0.15) is 9.55 Å². The molecule has 4 heteroatoms. The molecule has 0 nitrogen and oxygen atoms in total. The third-order valence-electron chi connectivity index (χ3n) is 0.0714. The predicted octanol–water partition coefficient (Wildman–Crippen LogP) is 0.970. The molecule has 0 aliphatic heterocycles. The fraction of sp³-hybridized carbons (Fsp3) is 1.00. The Morgan fingerprint density at radius 1 is 1.00 bits per heavy atom. The van der Waals surface area contributed by atoms with Crippen LogP contribution in [0.4, 0.5) is 0 Å². The Morgan fingerprint density at radius 2 is 1.17 bits per heavy atom. The predicted molar refractivity (Wildman–Crippen MR) is 37.2 cm³/mol. The standard InChI is InChI=1S/C2H4Cl2.ClH3Si/c3-1-2-4;1-2/h1-2H2;2H3. The van der Waals surface area contributed by atoms with Gasteiger partial charge in [0.2, 0.25) is 0 Å². The fourth-order valence-corrected chi connectivity index (χ4v) is 0. The second-order valence-corrected chi connectivity index (χ2v) is 1.13. The van der Waals surface area contributed by atoms with Gasteiger partial charge >= 0.3 is 0 Å². The van der Waals surface area contributed by atoms with E-state index in [0.29, 0.717) is 11.8 Å². The first kappa shape index (κ1) is 10.1. The van der Waals surface area contributed by atoms with Crippen LogP contribution in [-0.2, 0) is 0 Å². The molecule has 0 rings (SSSR count). The molecule has 0 aliphatic rings. The zero-order valence-electron chi connectivity index (χ0n) is 3.55. The summed E-state index contributed by atoms with van der Waals surface area (Å²) in [5.41, 5.74) is 0. The van der Waals surface area contributed by atoms with E-state index in [-0.39, 0.29) is 0 Å². The highest BCUT2D eigenvalue weighted by Crippen LogP contribution is 1.75. The molecule has 0 aromatic carbocycles. The second-order valence-electron chi connectivity index (χ2n) is 0.378. The van der Waals surface area contributed by atoms with E-state index in [9.17, 15) is 0 Å². The van der Waals surface area contributed by atoms with Crippen molar-refractivity contribution in [2.45, 2.75) is 0 Å². The molecule has 0 unspecified atom stereocenters. The number of hydrogen-bond acceptors (Lipinski definition) is 0. The summed E-state index contributed by atoms with van der Waals surface area (Å²) in [5.74, 6) is 1.11. The van der Waals surface area contributed by atoms with Gasteiger partial charge in [-0.3, -0.25) is 0 Å². The zero-order chi connectivity index (χ0) is 5.41. The average Bonchev–Trinajstić information content (AvgIpc) is 1.72. The molecular formula is C2H7Cl3Si. The quantitative estimate of drug-likeness (QED) is 0.309. The minimum absolute atomic E-state index is 0.557. The Balaban J connectivity index is 0. The highest BCUT2D eigenvalue weighted by Gasteiger charge is 1.61. The van der Waals surface area contributed by atoms with Crippen molar-refractivity contribution >= 4 is 43.8 Å². The molecule has 0 aliphatic carbocycles. The summed E-state index contributed by atoms with van der Waals surface area (Å²) in [6.07, 6.45) is 0. The average molecular weight is 166 g/mol. The summed E-state index contributed by atoms with van der Waals surface area (Å²) in [5, 5.41) is 0. The maximum Gasteiger partial charge on any atom is 0.109 e. The van der Waals surface area contributed by atoms with Crippen LogP contribution < -0.4 is 0 Å². The van der Waals surface area contributed by atoms with E-state index < -0.39 is 0 Å². The fourth-order valence-electron chi connectivity index (χ4n) is 0. The molecule has 0 atom stereocenters. The highest BCUT2D eigenvalue weighted by atomic mass is 35.6. The van der Waals surface area contributed by atoms with Crippen LogP contribution in [0.2, 0.25) is 0 Å². The van der Waals surface area contributed by atoms with Gasteiger partial charge in [0.25, 0.3) is 0 Å². The van der Waals surface area contributed by atoms with E-state index in [4.69, 9.17) is 34.3 Å². The Morgan fingerprint density at radius 3 is 1.17 bits per heavy atom. The van der Waals surface area contributed by atoms with Crippen LogP contribution in [-0.4, -0.2) is 21.3 Å². The lowest BCUT2D eigenvalue weighted by Crippen LogP contribution is -1.63. The Kier molecular flexibility index (Phi) is 28.0. The van der Waals surface area contributed by atoms with Crippen molar-refractivity contribution < 1.29 is 0 Å². The molecule has 0 fully saturated rings. The first-order chi connectivity index (χ1) is 2.91. The summed E-state index contributed by atoms with van der Waals surface area (Å²) in [6, 6.07) is 0. The largest absolute Gasteiger partial charge is 0.181 e. The molecule has 0 radical (unpaired) electrons. The number of halogens is 3. The zero-order valence-corrected chi connectivity index (χ0v) is 7.82. The summed E-state index contributed by atoms with van der Waals surface area (Å²) >= 11 is 14.9. The second kappa shape index (κ2) is 16.5. The van der Waals surface area contributed by atoms with Crippen molar-refractivity contribution in [3.63, 3.8) is 0 Å². The van der Waals surface area contributed by atoms with Crippen LogP contribution in [0, 0.1) is 0 Å². The van der Waals surface area contributed by atoms with Gasteiger partial charge < -0.3 is 0 Å². The lowest BCUT2D eigenvalue weighted by molar-refractivity contribution is 1.52. The Labute approximate surface area is 55.9 Å². The van der Waals surface area contributed by atoms with Gasteiger partial charge in [-0.2, -0.15) is 11.1 Å². The molecule has 0 aromatic heterocycles. The van der Waals surface area contributed by atoms with Gasteiger partial charge in [-0.15, -0.1) is 23.2 Å². The number of rotatable bonds is 1. The molecule has 0 spiro atoms. The monoisotopic (exact) mass is 164 g/mol. The molecule has 0 heterocycles. The molecule has 0 amide bonds. The lowest BCUT2D eigenvalue weighted by atomic mass is 11.0. The van der Waals surface area contributed by atoms with Gasteiger partial charge in [-0.1, -0.05) is 0 Å². The van der Waals surface area contributed by atoms with Crippen molar-refractivity contribution in [3.05, 3.63) is 0 Å². The van der Waals surface area contributed by atoms with Crippen molar-refractivity contribution in [1.82, 2.24) is 0 Å². The topological polar surface area (TPSA) is 0 Å². The molecule has 6 heavy (non-hydrogen) atoms. The van der Waals surface area contributed by atoms with Crippen LogP contribution in [0.1, 0.15) is 0 Å². The van der Waals surface area contributed by atoms with E-state index in [1.165, 1.54) is 0 Å². The first-order valence-electron chi connectivity index (χ1n) is 1.41.